The molecule has 0 N–H and O–H groups in total. The van der Waals surface area contributed by atoms with Gasteiger partial charge in [0.05, 0.1) is 18.4 Å². The van der Waals surface area contributed by atoms with E-state index in [0.717, 1.165) is 20.8 Å². The van der Waals surface area contributed by atoms with E-state index in [1.807, 2.05) is 13.8 Å². The van der Waals surface area contributed by atoms with Crippen molar-refractivity contribution >= 4 is 35.8 Å². The first kappa shape index (κ1) is 34.6. The van der Waals surface area contributed by atoms with E-state index in [1.54, 1.807) is 18.2 Å². The molecule has 4 aliphatic heterocycles. The molecule has 266 valence electrons. The first-order valence-corrected chi connectivity index (χ1v) is 16.2. The summed E-state index contributed by atoms with van der Waals surface area (Å²) in [6.07, 6.45) is -1.17. The molecular formula is C34H40O15. The van der Waals surface area contributed by atoms with Gasteiger partial charge in [-0.2, -0.15) is 0 Å². The highest BCUT2D eigenvalue weighted by Gasteiger charge is 2.75. The molecule has 1 aromatic heterocycles. The molecule has 0 aromatic carbocycles. The van der Waals surface area contributed by atoms with Crippen molar-refractivity contribution in [3.05, 3.63) is 36.3 Å². The number of carbonyl (C=O) groups is 6. The summed E-state index contributed by atoms with van der Waals surface area (Å²) >= 11 is 0. The van der Waals surface area contributed by atoms with E-state index >= 15 is 0 Å². The zero-order valence-electron chi connectivity index (χ0n) is 28.0. The van der Waals surface area contributed by atoms with E-state index < -0.39 is 108 Å². The lowest BCUT2D eigenvalue weighted by Gasteiger charge is -2.67. The second-order valence-electron chi connectivity index (χ2n) is 13.8. The molecule has 0 amide bonds. The van der Waals surface area contributed by atoms with Crippen LogP contribution in [0.2, 0.25) is 0 Å². The zero-order chi connectivity index (χ0) is 35.5. The predicted octanol–water partition coefficient (Wildman–Crippen LogP) is 2.64. The van der Waals surface area contributed by atoms with Crippen LogP contribution in [0.4, 0.5) is 0 Å². The van der Waals surface area contributed by atoms with Crippen molar-refractivity contribution in [2.75, 3.05) is 6.61 Å². The highest BCUT2D eigenvalue weighted by molar-refractivity contribution is 5.87. The van der Waals surface area contributed by atoms with E-state index in [4.69, 9.17) is 42.3 Å². The van der Waals surface area contributed by atoms with Gasteiger partial charge in [0.15, 0.2) is 23.9 Å². The van der Waals surface area contributed by atoms with Crippen molar-refractivity contribution < 1.29 is 71.1 Å². The Bertz CT molecular complexity index is 1550. The van der Waals surface area contributed by atoms with Crippen LogP contribution < -0.4 is 0 Å². The molecule has 49 heavy (non-hydrogen) atoms. The standard InChI is InChI=1S/C34H40O15/c1-16(35)42-15-24-25(43-17(2)36)26(44-18(3)37)27(45-19(4)38)30(47-24)49-34-11-8-22(48-31(34)40)28-32(5)13-23(20-9-12-41-14-20)46-29(39)21(32)7-10-33(28,34)6/h8-9,11-12,14,21-28,30H,7,10,13,15H2,1-6H3/t21-,22+,23-,24+,25+,26-,27+,28-,30-,32+,33+,34-/m0/s1. The summed E-state index contributed by atoms with van der Waals surface area (Å²) in [5.41, 5.74) is -2.89. The number of hydrogen-bond donors (Lipinski definition) is 0. The summed E-state index contributed by atoms with van der Waals surface area (Å²) in [5, 5.41) is 0. The number of fused-ring (bicyclic) bond motifs is 2. The van der Waals surface area contributed by atoms with Gasteiger partial charge in [-0.15, -0.1) is 0 Å². The number of rotatable bonds is 8. The Morgan fingerprint density at radius 3 is 2.18 bits per heavy atom. The molecule has 2 aliphatic carbocycles. The predicted molar refractivity (Wildman–Crippen MR) is 159 cm³/mol. The molecule has 7 rings (SSSR count). The van der Waals surface area contributed by atoms with Gasteiger partial charge >= 0.3 is 35.8 Å². The minimum atomic E-state index is -1.85. The highest BCUT2D eigenvalue weighted by Crippen LogP contribution is 2.68. The lowest BCUT2D eigenvalue weighted by atomic mass is 9.42. The minimum absolute atomic E-state index is 0.338. The van der Waals surface area contributed by atoms with Gasteiger partial charge in [-0.25, -0.2) is 4.79 Å². The quantitative estimate of drug-likeness (QED) is 0.220. The van der Waals surface area contributed by atoms with Crippen LogP contribution >= 0.6 is 0 Å². The van der Waals surface area contributed by atoms with Crippen LogP contribution in [-0.2, 0) is 66.7 Å². The maximum Gasteiger partial charge on any atom is 0.343 e. The van der Waals surface area contributed by atoms with Crippen molar-refractivity contribution in [3.8, 4) is 0 Å². The smallest absolute Gasteiger partial charge is 0.343 e. The summed E-state index contributed by atoms with van der Waals surface area (Å²) in [5.74, 6) is -5.11. The average molecular weight is 689 g/mol. The summed E-state index contributed by atoms with van der Waals surface area (Å²) in [4.78, 5) is 76.5. The molecule has 1 saturated carbocycles. The summed E-state index contributed by atoms with van der Waals surface area (Å²) in [7, 11) is 0. The Kier molecular flexibility index (Phi) is 8.89. The Labute approximate surface area is 281 Å². The van der Waals surface area contributed by atoms with Crippen molar-refractivity contribution in [2.45, 2.75) is 109 Å². The topological polar surface area (TPSA) is 189 Å². The van der Waals surface area contributed by atoms with Crippen LogP contribution in [0.3, 0.4) is 0 Å². The summed E-state index contributed by atoms with van der Waals surface area (Å²) in [6, 6.07) is 1.74. The molecule has 0 spiro atoms. The Balaban J connectivity index is 1.41. The van der Waals surface area contributed by atoms with Gasteiger partial charge in [-0.05, 0) is 42.9 Å². The maximum absolute atomic E-state index is 14.1. The third-order valence-electron chi connectivity index (χ3n) is 10.7. The molecule has 1 aromatic rings. The Hall–Kier alpha value is -4.24. The molecule has 5 heterocycles. The fourth-order valence-corrected chi connectivity index (χ4v) is 8.83. The summed E-state index contributed by atoms with van der Waals surface area (Å²) < 4.78 is 51.9. The zero-order valence-corrected chi connectivity index (χ0v) is 28.0. The maximum atomic E-state index is 14.1. The van der Waals surface area contributed by atoms with E-state index in [0.29, 0.717) is 24.8 Å². The fourth-order valence-electron chi connectivity index (χ4n) is 8.83. The SMILES string of the molecule is CC(=O)OC[C@H]1O[C@@H](O[C@@]23C=C[C@@H](OC2=O)[C@H]2[C@]4(C)C[C@@H](c5ccoc5)OC(=O)[C@@H]4CC[C@]23C)[C@H](OC(C)=O)[C@@H](OC(C)=O)[C@@H]1OC(C)=O. The van der Waals surface area contributed by atoms with Crippen LogP contribution in [0.25, 0.3) is 0 Å². The second-order valence-corrected chi connectivity index (χ2v) is 13.8. The second kappa shape index (κ2) is 12.6. The molecular weight excluding hydrogens is 648 g/mol. The van der Waals surface area contributed by atoms with Gasteiger partial charge in [0.25, 0.3) is 0 Å². The van der Waals surface area contributed by atoms with Crippen molar-refractivity contribution in [1.82, 2.24) is 0 Å². The Morgan fingerprint density at radius 1 is 0.898 bits per heavy atom. The van der Waals surface area contributed by atoms with E-state index in [9.17, 15) is 28.8 Å². The van der Waals surface area contributed by atoms with Crippen LogP contribution in [0.1, 0.15) is 72.5 Å². The number of furan rings is 1. The molecule has 6 aliphatic rings. The number of ether oxygens (including phenoxy) is 8. The molecule has 3 saturated heterocycles. The van der Waals surface area contributed by atoms with Gasteiger partial charge in [0.2, 0.25) is 6.29 Å². The molecule has 0 radical (unpaired) electrons. The van der Waals surface area contributed by atoms with Crippen molar-refractivity contribution in [3.63, 3.8) is 0 Å². The summed E-state index contributed by atoms with van der Waals surface area (Å²) in [6.45, 7) is 7.94. The van der Waals surface area contributed by atoms with Gasteiger partial charge in [-0.1, -0.05) is 13.8 Å². The van der Waals surface area contributed by atoms with Gasteiger partial charge in [-0.3, -0.25) is 24.0 Å². The van der Waals surface area contributed by atoms with Gasteiger partial charge in [0.1, 0.15) is 24.9 Å². The largest absolute Gasteiger partial charge is 0.472 e. The Morgan fingerprint density at radius 2 is 1.57 bits per heavy atom. The highest BCUT2D eigenvalue weighted by atomic mass is 16.8. The van der Waals surface area contributed by atoms with Crippen molar-refractivity contribution in [2.24, 2.45) is 22.7 Å². The van der Waals surface area contributed by atoms with Crippen molar-refractivity contribution in [1.29, 1.82) is 0 Å². The monoisotopic (exact) mass is 688 g/mol. The van der Waals surface area contributed by atoms with Crippen LogP contribution in [0, 0.1) is 22.7 Å². The number of hydrogen-bond acceptors (Lipinski definition) is 15. The number of esters is 6. The third kappa shape index (κ3) is 5.79. The minimum Gasteiger partial charge on any atom is -0.472 e. The molecule has 4 fully saturated rings. The molecule has 15 heteroatoms. The van der Waals surface area contributed by atoms with Crippen LogP contribution in [0.5, 0.6) is 0 Å². The number of cyclic esters (lactones) is 1. The van der Waals surface area contributed by atoms with E-state index in [1.165, 1.54) is 19.5 Å². The van der Waals surface area contributed by atoms with Gasteiger partial charge < -0.3 is 42.3 Å². The number of carbonyl (C=O) groups excluding carboxylic acids is 6. The lowest BCUT2D eigenvalue weighted by Crippen LogP contribution is -2.75. The lowest BCUT2D eigenvalue weighted by molar-refractivity contribution is -0.351. The fraction of sp³-hybridized carbons (Fsp3) is 0.647. The van der Waals surface area contributed by atoms with E-state index in [2.05, 4.69) is 0 Å². The first-order valence-electron chi connectivity index (χ1n) is 16.2. The van der Waals surface area contributed by atoms with Crippen LogP contribution in [-0.4, -0.2) is 84.8 Å². The molecule has 0 unspecified atom stereocenters. The molecule has 12 atom stereocenters. The first-order chi connectivity index (χ1) is 23.1. The van der Waals surface area contributed by atoms with Gasteiger partial charge in [0, 0.05) is 44.6 Å². The average Bonchev–Trinajstić information content (AvgIpc) is 3.54. The van der Waals surface area contributed by atoms with E-state index in [-0.39, 0.29) is 5.97 Å². The molecule has 2 bridgehead atoms. The normalized spacial score (nSPS) is 40.6. The third-order valence-corrected chi connectivity index (χ3v) is 10.7. The van der Waals surface area contributed by atoms with Crippen LogP contribution in [0.15, 0.2) is 35.2 Å². The molecule has 15 nitrogen and oxygen atoms in total.